The number of nitrogens with one attached hydrogen (secondary N) is 2. The van der Waals surface area contributed by atoms with Crippen molar-refractivity contribution in [3.63, 3.8) is 0 Å². The van der Waals surface area contributed by atoms with Crippen LogP contribution in [-0.4, -0.2) is 37.8 Å². The number of halogens is 1. The molecular formula is C25H23FN2O4S. The third-order valence-corrected chi connectivity index (χ3v) is 7.43. The summed E-state index contributed by atoms with van der Waals surface area (Å²) in [4.78, 5) is 3.19. The van der Waals surface area contributed by atoms with Gasteiger partial charge in [-0.15, -0.1) is 0 Å². The summed E-state index contributed by atoms with van der Waals surface area (Å²) in [6.45, 7) is 0.0307. The van der Waals surface area contributed by atoms with Crippen molar-refractivity contribution in [2.24, 2.45) is 0 Å². The molecule has 5 rings (SSSR count). The molecule has 1 aliphatic heterocycles. The second-order valence-corrected chi connectivity index (χ2v) is 9.81. The van der Waals surface area contributed by atoms with E-state index < -0.39 is 16.1 Å². The molecule has 1 aliphatic rings. The Bertz CT molecular complexity index is 1410. The van der Waals surface area contributed by atoms with Crippen LogP contribution in [0, 0.1) is 5.82 Å². The maximum Gasteiger partial charge on any atom is 0.244 e. The number of hydrogen-bond donors (Lipinski definition) is 3. The number of aromatic amines is 1. The molecule has 4 aromatic rings. The van der Waals surface area contributed by atoms with Crippen LogP contribution in [0.5, 0.6) is 5.75 Å². The molecule has 8 heteroatoms. The van der Waals surface area contributed by atoms with Gasteiger partial charge in [0.1, 0.15) is 16.5 Å². The largest absolute Gasteiger partial charge is 0.492 e. The van der Waals surface area contributed by atoms with E-state index in [9.17, 15) is 17.9 Å². The maximum atomic E-state index is 13.4. The highest BCUT2D eigenvalue weighted by atomic mass is 32.2. The van der Waals surface area contributed by atoms with Crippen LogP contribution in [0.4, 0.5) is 4.39 Å². The van der Waals surface area contributed by atoms with E-state index in [0.29, 0.717) is 36.3 Å². The quantitative estimate of drug-likeness (QED) is 0.387. The van der Waals surface area contributed by atoms with Crippen LogP contribution in [-0.2, 0) is 22.9 Å². The number of fused-ring (bicyclic) bond motifs is 2. The molecule has 0 radical (unpaired) electrons. The number of rotatable bonds is 7. The zero-order chi connectivity index (χ0) is 23.0. The fourth-order valence-electron chi connectivity index (χ4n) is 4.27. The first kappa shape index (κ1) is 21.6. The van der Waals surface area contributed by atoms with Crippen molar-refractivity contribution in [1.29, 1.82) is 0 Å². The van der Waals surface area contributed by atoms with E-state index in [1.165, 1.54) is 12.1 Å². The molecule has 0 fully saturated rings. The molecule has 0 saturated heterocycles. The van der Waals surface area contributed by atoms with Crippen molar-refractivity contribution < 1.29 is 22.7 Å². The minimum Gasteiger partial charge on any atom is -0.492 e. The first-order valence-electron chi connectivity index (χ1n) is 10.7. The molecule has 1 aromatic heterocycles. The standard InChI is InChI=1S/C25H23FN2O4S/c26-20-7-5-16(6-8-20)18-11-17-9-10-32-25(17)24(13-18)33(30,31)28-21(15-29)12-19-14-27-23-4-2-1-3-22(19)23/h1-8,11,13-14,21,27-29H,9-10,12,15H2/t21-/m0/s1. The summed E-state index contributed by atoms with van der Waals surface area (Å²) >= 11 is 0. The summed E-state index contributed by atoms with van der Waals surface area (Å²) in [5.41, 5.74) is 4.02. The Balaban J connectivity index is 1.48. The number of benzene rings is 3. The lowest BCUT2D eigenvalue weighted by atomic mass is 10.0. The molecule has 0 unspecified atom stereocenters. The van der Waals surface area contributed by atoms with Gasteiger partial charge in [0.15, 0.2) is 0 Å². The number of para-hydroxylation sites is 1. The van der Waals surface area contributed by atoms with E-state index in [4.69, 9.17) is 4.74 Å². The Labute approximate surface area is 191 Å². The van der Waals surface area contributed by atoms with Crippen molar-refractivity contribution in [2.75, 3.05) is 13.2 Å². The topological polar surface area (TPSA) is 91.4 Å². The third kappa shape index (κ3) is 4.25. The average molecular weight is 467 g/mol. The first-order valence-corrected chi connectivity index (χ1v) is 12.2. The summed E-state index contributed by atoms with van der Waals surface area (Å²) in [5, 5.41) is 10.9. The van der Waals surface area contributed by atoms with E-state index in [1.54, 1.807) is 18.2 Å². The minimum atomic E-state index is -4.01. The number of H-pyrrole nitrogens is 1. The number of aromatic nitrogens is 1. The maximum absolute atomic E-state index is 13.4. The molecule has 170 valence electrons. The van der Waals surface area contributed by atoms with Crippen molar-refractivity contribution >= 4 is 20.9 Å². The van der Waals surface area contributed by atoms with Crippen LogP contribution in [0.15, 0.2) is 71.8 Å². The van der Waals surface area contributed by atoms with Gasteiger partial charge in [-0.25, -0.2) is 17.5 Å². The Kier molecular flexibility index (Phi) is 5.65. The molecular weight excluding hydrogens is 443 g/mol. The Morgan fingerprint density at radius 2 is 1.88 bits per heavy atom. The van der Waals surface area contributed by atoms with E-state index >= 15 is 0 Å². The van der Waals surface area contributed by atoms with Crippen molar-refractivity contribution in [1.82, 2.24) is 9.71 Å². The molecule has 0 spiro atoms. The van der Waals surface area contributed by atoms with Gasteiger partial charge in [-0.05, 0) is 59.0 Å². The van der Waals surface area contributed by atoms with Crippen LogP contribution in [0.25, 0.3) is 22.0 Å². The zero-order valence-electron chi connectivity index (χ0n) is 17.7. The van der Waals surface area contributed by atoms with Gasteiger partial charge < -0.3 is 14.8 Å². The predicted molar refractivity (Wildman–Crippen MR) is 124 cm³/mol. The van der Waals surface area contributed by atoms with Crippen molar-refractivity contribution in [3.8, 4) is 16.9 Å². The number of ether oxygens (including phenoxy) is 1. The molecule has 0 bridgehead atoms. The van der Waals surface area contributed by atoms with Gasteiger partial charge >= 0.3 is 0 Å². The Hall–Kier alpha value is -3.20. The van der Waals surface area contributed by atoms with Crippen LogP contribution in [0.3, 0.4) is 0 Å². The fraction of sp³-hybridized carbons (Fsp3) is 0.200. The molecule has 3 N–H and O–H groups in total. The monoisotopic (exact) mass is 466 g/mol. The molecule has 0 saturated carbocycles. The van der Waals surface area contributed by atoms with Crippen LogP contribution < -0.4 is 9.46 Å². The summed E-state index contributed by atoms with van der Waals surface area (Å²) in [6, 6.07) is 16.3. The van der Waals surface area contributed by atoms with E-state index in [2.05, 4.69) is 9.71 Å². The molecule has 2 heterocycles. The Morgan fingerprint density at radius 1 is 1.09 bits per heavy atom. The normalized spacial score (nSPS) is 14.2. The van der Waals surface area contributed by atoms with Crippen LogP contribution in [0.1, 0.15) is 11.1 Å². The van der Waals surface area contributed by atoms with Crippen LogP contribution in [0.2, 0.25) is 0 Å². The molecule has 0 amide bonds. The molecule has 3 aromatic carbocycles. The van der Waals surface area contributed by atoms with Gasteiger partial charge in [-0.2, -0.15) is 0 Å². The second kappa shape index (κ2) is 8.62. The first-order chi connectivity index (χ1) is 15.9. The lowest BCUT2D eigenvalue weighted by Crippen LogP contribution is -2.39. The van der Waals surface area contributed by atoms with E-state index in [0.717, 1.165) is 22.0 Å². The molecule has 6 nitrogen and oxygen atoms in total. The van der Waals surface area contributed by atoms with Gasteiger partial charge in [0.25, 0.3) is 0 Å². The number of hydrogen-bond acceptors (Lipinski definition) is 4. The van der Waals surface area contributed by atoms with E-state index in [1.807, 2.05) is 36.5 Å². The van der Waals surface area contributed by atoms with Crippen LogP contribution >= 0.6 is 0 Å². The second-order valence-electron chi connectivity index (χ2n) is 8.13. The van der Waals surface area contributed by atoms with Gasteiger partial charge in [0.05, 0.1) is 13.2 Å². The lowest BCUT2D eigenvalue weighted by Gasteiger charge is -2.18. The minimum absolute atomic E-state index is 0.0224. The molecule has 33 heavy (non-hydrogen) atoms. The predicted octanol–water partition coefficient (Wildman–Crippen LogP) is 3.79. The zero-order valence-corrected chi connectivity index (χ0v) is 18.5. The van der Waals surface area contributed by atoms with Gasteiger partial charge in [-0.1, -0.05) is 30.3 Å². The highest BCUT2D eigenvalue weighted by Crippen LogP contribution is 2.37. The van der Waals surface area contributed by atoms with E-state index in [-0.39, 0.29) is 17.3 Å². The van der Waals surface area contributed by atoms with Gasteiger partial charge in [0, 0.05) is 29.6 Å². The van der Waals surface area contributed by atoms with Gasteiger partial charge in [-0.3, -0.25) is 0 Å². The third-order valence-electron chi connectivity index (χ3n) is 5.90. The number of aliphatic hydroxyl groups is 1. The van der Waals surface area contributed by atoms with Crippen molar-refractivity contribution in [3.05, 3.63) is 83.8 Å². The lowest BCUT2D eigenvalue weighted by molar-refractivity contribution is 0.256. The van der Waals surface area contributed by atoms with Crippen molar-refractivity contribution in [2.45, 2.75) is 23.8 Å². The molecule has 1 atom stereocenters. The Morgan fingerprint density at radius 3 is 2.67 bits per heavy atom. The summed E-state index contributed by atoms with van der Waals surface area (Å²) < 4.78 is 48.5. The summed E-state index contributed by atoms with van der Waals surface area (Å²) in [6.07, 6.45) is 2.74. The highest BCUT2D eigenvalue weighted by molar-refractivity contribution is 7.89. The summed E-state index contributed by atoms with van der Waals surface area (Å²) in [7, 11) is -4.01. The highest BCUT2D eigenvalue weighted by Gasteiger charge is 2.29. The number of aliphatic hydroxyl groups excluding tert-OH is 1. The smallest absolute Gasteiger partial charge is 0.244 e. The average Bonchev–Trinajstić information content (AvgIpc) is 3.45. The number of sulfonamides is 1. The summed E-state index contributed by atoms with van der Waals surface area (Å²) in [5.74, 6) is -0.0297. The molecule has 0 aliphatic carbocycles. The SMILES string of the molecule is O=S(=O)(N[C@H](CO)Cc1c[nH]c2ccccc12)c1cc(-c2ccc(F)cc2)cc2c1OCC2. The van der Waals surface area contributed by atoms with Gasteiger partial charge in [0.2, 0.25) is 10.0 Å². The fourth-order valence-corrected chi connectivity index (χ4v) is 5.71.